The topological polar surface area (TPSA) is 132 Å². The minimum atomic E-state index is -3.81. The second-order valence-corrected chi connectivity index (χ2v) is 8.66. The van der Waals surface area contributed by atoms with Crippen LogP contribution >= 0.6 is 11.6 Å². The van der Waals surface area contributed by atoms with Crippen molar-refractivity contribution < 1.29 is 13.2 Å². The van der Waals surface area contributed by atoms with E-state index in [-0.39, 0.29) is 10.8 Å². The van der Waals surface area contributed by atoms with Crippen LogP contribution in [0.3, 0.4) is 0 Å². The van der Waals surface area contributed by atoms with Gasteiger partial charge in [0, 0.05) is 16.3 Å². The molecule has 4 rings (SSSR count). The fraction of sp³-hybridized carbons (Fsp3) is 0. The van der Waals surface area contributed by atoms with Crippen LogP contribution < -0.4 is 15.8 Å². The lowest BCUT2D eigenvalue weighted by Crippen LogP contribution is -2.20. The average molecular weight is 469 g/mol. The second kappa shape index (κ2) is 8.79. The molecular weight excluding hydrogens is 452 g/mol. The van der Waals surface area contributed by atoms with Crippen LogP contribution in [0.15, 0.2) is 83.8 Å². The molecule has 1 aromatic heterocycles. The van der Waals surface area contributed by atoms with E-state index in [0.29, 0.717) is 22.2 Å². The number of aromatic nitrogens is 3. The van der Waals surface area contributed by atoms with Crippen LogP contribution in [0.25, 0.3) is 17.1 Å². The van der Waals surface area contributed by atoms with Gasteiger partial charge in [0.25, 0.3) is 5.95 Å². The summed E-state index contributed by atoms with van der Waals surface area (Å²) in [6.07, 6.45) is 0. The molecule has 4 aromatic rings. The molecule has 0 bridgehead atoms. The number of amides is 2. The quantitative estimate of drug-likeness (QED) is 0.409. The highest BCUT2D eigenvalue weighted by Gasteiger charge is 2.16. The number of sulfonamides is 1. The van der Waals surface area contributed by atoms with E-state index in [1.165, 1.54) is 24.3 Å². The number of halogens is 1. The molecule has 9 nitrogen and oxygen atoms in total. The first-order valence-electron chi connectivity index (χ1n) is 9.29. The molecule has 0 fully saturated rings. The first kappa shape index (κ1) is 21.5. The summed E-state index contributed by atoms with van der Waals surface area (Å²) in [5.74, 6) is 0.586. The number of primary sulfonamides is 1. The van der Waals surface area contributed by atoms with Crippen LogP contribution in [-0.2, 0) is 10.0 Å². The van der Waals surface area contributed by atoms with Crippen molar-refractivity contribution in [1.82, 2.24) is 14.8 Å². The van der Waals surface area contributed by atoms with Gasteiger partial charge in [0.15, 0.2) is 5.82 Å². The largest absolute Gasteiger partial charge is 0.326 e. The second-order valence-electron chi connectivity index (χ2n) is 6.67. The molecule has 3 aromatic carbocycles. The standard InChI is InChI=1S/C21H17ClN6O3S/c22-15-7-4-8-17(13-15)28-19(14-5-2-1-3-6-14)25-20(27-28)26-21(29)24-16-9-11-18(12-10-16)32(23,30)31/h1-13H,(H2,23,30,31)(H2,24,26,27,29). The summed E-state index contributed by atoms with van der Waals surface area (Å²) < 4.78 is 24.3. The van der Waals surface area contributed by atoms with Gasteiger partial charge in [-0.25, -0.2) is 23.0 Å². The Labute approximate surface area is 188 Å². The van der Waals surface area contributed by atoms with E-state index < -0.39 is 16.1 Å². The fourth-order valence-corrected chi connectivity index (χ4v) is 3.62. The third-order valence-electron chi connectivity index (χ3n) is 4.36. The Morgan fingerprint density at radius 3 is 2.31 bits per heavy atom. The zero-order chi connectivity index (χ0) is 22.7. The van der Waals surface area contributed by atoms with Crippen LogP contribution in [-0.4, -0.2) is 29.2 Å². The van der Waals surface area contributed by atoms with Gasteiger partial charge < -0.3 is 5.32 Å². The van der Waals surface area contributed by atoms with Crippen LogP contribution in [0.1, 0.15) is 0 Å². The normalized spacial score (nSPS) is 11.2. The maximum Gasteiger partial charge on any atom is 0.326 e. The molecule has 0 aliphatic heterocycles. The zero-order valence-corrected chi connectivity index (χ0v) is 18.0. The number of anilines is 2. The molecule has 0 spiro atoms. The third kappa shape index (κ3) is 4.94. The van der Waals surface area contributed by atoms with Crippen molar-refractivity contribution in [2.75, 3.05) is 10.6 Å². The van der Waals surface area contributed by atoms with E-state index in [2.05, 4.69) is 20.7 Å². The van der Waals surface area contributed by atoms with Gasteiger partial charge in [-0.2, -0.15) is 4.98 Å². The lowest BCUT2D eigenvalue weighted by molar-refractivity contribution is 0.262. The maximum absolute atomic E-state index is 12.4. The monoisotopic (exact) mass is 468 g/mol. The Balaban J connectivity index is 1.59. The van der Waals surface area contributed by atoms with Crippen LogP contribution in [0.4, 0.5) is 16.4 Å². The molecule has 0 saturated carbocycles. The predicted octanol–water partition coefficient (Wildman–Crippen LogP) is 3.88. The Bertz CT molecular complexity index is 1370. The van der Waals surface area contributed by atoms with Crippen LogP contribution in [0.2, 0.25) is 5.02 Å². The van der Waals surface area contributed by atoms with Gasteiger partial charge in [0.1, 0.15) is 0 Å². The molecule has 0 aliphatic rings. The number of carbonyl (C=O) groups is 1. The lowest BCUT2D eigenvalue weighted by atomic mass is 10.2. The third-order valence-corrected chi connectivity index (χ3v) is 5.52. The molecule has 32 heavy (non-hydrogen) atoms. The highest BCUT2D eigenvalue weighted by atomic mass is 35.5. The van der Waals surface area contributed by atoms with E-state index in [1.54, 1.807) is 22.9 Å². The first-order chi connectivity index (χ1) is 15.3. The van der Waals surface area contributed by atoms with Crippen molar-refractivity contribution in [3.63, 3.8) is 0 Å². The molecule has 0 saturated heterocycles. The molecule has 1 heterocycles. The molecule has 0 unspecified atom stereocenters. The van der Waals surface area contributed by atoms with E-state index in [4.69, 9.17) is 16.7 Å². The number of carbonyl (C=O) groups excluding carboxylic acids is 1. The van der Waals surface area contributed by atoms with Gasteiger partial charge in [0.2, 0.25) is 10.0 Å². The Morgan fingerprint density at radius 1 is 0.938 bits per heavy atom. The summed E-state index contributed by atoms with van der Waals surface area (Å²) in [4.78, 5) is 16.8. The summed E-state index contributed by atoms with van der Waals surface area (Å²) in [6, 6.07) is 21.3. The first-order valence-corrected chi connectivity index (χ1v) is 11.2. The molecule has 162 valence electrons. The van der Waals surface area contributed by atoms with Gasteiger partial charge in [-0.1, -0.05) is 48.0 Å². The van der Waals surface area contributed by atoms with E-state index >= 15 is 0 Å². The molecule has 2 amide bonds. The molecule has 11 heteroatoms. The summed E-state index contributed by atoms with van der Waals surface area (Å²) in [5.41, 5.74) is 1.84. The van der Waals surface area contributed by atoms with E-state index in [9.17, 15) is 13.2 Å². The highest BCUT2D eigenvalue weighted by Crippen LogP contribution is 2.24. The minimum absolute atomic E-state index is 0.0575. The maximum atomic E-state index is 12.4. The van der Waals surface area contributed by atoms with Crippen molar-refractivity contribution in [1.29, 1.82) is 0 Å². The number of urea groups is 1. The molecule has 0 radical (unpaired) electrons. The summed E-state index contributed by atoms with van der Waals surface area (Å²) in [5, 5.41) is 15.2. The Hall–Kier alpha value is -3.73. The number of rotatable bonds is 5. The molecular formula is C21H17ClN6O3S. The van der Waals surface area contributed by atoms with Crippen molar-refractivity contribution in [2.24, 2.45) is 5.14 Å². The van der Waals surface area contributed by atoms with Crippen LogP contribution in [0.5, 0.6) is 0 Å². The smallest absolute Gasteiger partial charge is 0.308 e. The number of nitrogens with zero attached hydrogens (tertiary/aromatic N) is 3. The SMILES string of the molecule is NS(=O)(=O)c1ccc(NC(=O)Nc2nc(-c3ccccc3)n(-c3cccc(Cl)c3)n2)cc1. The number of hydrogen-bond donors (Lipinski definition) is 3. The number of hydrogen-bond acceptors (Lipinski definition) is 5. The Kier molecular flexibility index (Phi) is 5.91. The van der Waals surface area contributed by atoms with Gasteiger partial charge in [-0.3, -0.25) is 5.32 Å². The van der Waals surface area contributed by atoms with E-state index in [0.717, 1.165) is 5.56 Å². The number of benzene rings is 3. The Morgan fingerprint density at radius 2 is 1.66 bits per heavy atom. The number of nitrogens with one attached hydrogen (secondary N) is 2. The van der Waals surface area contributed by atoms with Gasteiger partial charge in [0.05, 0.1) is 10.6 Å². The van der Waals surface area contributed by atoms with Gasteiger partial charge >= 0.3 is 6.03 Å². The summed E-state index contributed by atoms with van der Waals surface area (Å²) in [7, 11) is -3.81. The molecule has 0 atom stereocenters. The van der Waals surface area contributed by atoms with Crippen molar-refractivity contribution in [2.45, 2.75) is 4.90 Å². The predicted molar refractivity (Wildman–Crippen MR) is 122 cm³/mol. The minimum Gasteiger partial charge on any atom is -0.308 e. The van der Waals surface area contributed by atoms with Crippen LogP contribution in [0, 0.1) is 0 Å². The summed E-state index contributed by atoms with van der Waals surface area (Å²) >= 11 is 6.13. The molecule has 0 aliphatic carbocycles. The average Bonchev–Trinajstić information content (AvgIpc) is 3.18. The molecule has 4 N–H and O–H groups in total. The number of nitrogens with two attached hydrogens (primary N) is 1. The summed E-state index contributed by atoms with van der Waals surface area (Å²) in [6.45, 7) is 0. The zero-order valence-electron chi connectivity index (χ0n) is 16.4. The van der Waals surface area contributed by atoms with Crippen molar-refractivity contribution in [3.8, 4) is 17.1 Å². The lowest BCUT2D eigenvalue weighted by Gasteiger charge is -2.06. The van der Waals surface area contributed by atoms with Gasteiger partial charge in [-0.05, 0) is 42.5 Å². The van der Waals surface area contributed by atoms with Gasteiger partial charge in [-0.15, -0.1) is 5.10 Å². The van der Waals surface area contributed by atoms with Crippen molar-refractivity contribution in [3.05, 3.63) is 83.9 Å². The fourth-order valence-electron chi connectivity index (χ4n) is 2.92. The highest BCUT2D eigenvalue weighted by molar-refractivity contribution is 7.89. The van der Waals surface area contributed by atoms with Crippen molar-refractivity contribution >= 4 is 39.3 Å². The van der Waals surface area contributed by atoms with E-state index in [1.807, 2.05) is 36.4 Å².